The molecule has 116 valence electrons. The van der Waals surface area contributed by atoms with Crippen LogP contribution in [0.1, 0.15) is 22.9 Å². The Morgan fingerprint density at radius 2 is 2.09 bits per heavy atom. The van der Waals surface area contributed by atoms with Crippen LogP contribution in [-0.2, 0) is 18.3 Å². The lowest BCUT2D eigenvalue weighted by Crippen LogP contribution is -2.45. The monoisotopic (exact) mass is 308 g/mol. The van der Waals surface area contributed by atoms with Crippen LogP contribution < -0.4 is 9.88 Å². The number of aryl methyl sites for hydroxylation is 1. The molecule has 3 N–H and O–H groups in total. The van der Waals surface area contributed by atoms with Gasteiger partial charge in [0.2, 0.25) is 0 Å². The molecule has 5 heteroatoms. The molecule has 0 amide bonds. The largest absolute Gasteiger partial charge is 0.480 e. The fraction of sp³-hybridized carbons (Fsp3) is 0.222. The number of fused-ring (bicyclic) bond motifs is 3. The van der Waals surface area contributed by atoms with Crippen LogP contribution in [-0.4, -0.2) is 22.1 Å². The molecule has 23 heavy (non-hydrogen) atoms. The van der Waals surface area contributed by atoms with E-state index in [0.29, 0.717) is 6.42 Å². The molecule has 2 atom stereocenters. The molecule has 0 radical (unpaired) electrons. The standard InChI is InChI=1S/C18H17N3O2/c1-21-8-4-5-11(10-21)16-17-13(9-15(20-16)18(22)23)12-6-2-3-7-14(12)19-17/h2-8,10,15-16,19-20H,9H2,1H3/p+1. The van der Waals surface area contributed by atoms with Gasteiger partial charge in [0.05, 0.1) is 6.04 Å². The molecule has 2 unspecified atom stereocenters. The highest BCUT2D eigenvalue weighted by Crippen LogP contribution is 2.34. The molecule has 4 rings (SSSR count). The Labute approximate surface area is 133 Å². The molecule has 1 aliphatic rings. The van der Waals surface area contributed by atoms with Crippen LogP contribution in [0.2, 0.25) is 0 Å². The van der Waals surface area contributed by atoms with Gasteiger partial charge in [-0.05, 0) is 17.7 Å². The van der Waals surface area contributed by atoms with Gasteiger partial charge in [-0.1, -0.05) is 18.2 Å². The van der Waals surface area contributed by atoms with E-state index in [9.17, 15) is 9.90 Å². The molecule has 0 aliphatic carbocycles. The Bertz CT molecular complexity index is 900. The number of aromatic amines is 1. The molecular weight excluding hydrogens is 290 g/mol. The second-order valence-electron chi connectivity index (χ2n) is 6.06. The van der Waals surface area contributed by atoms with Crippen LogP contribution in [0.5, 0.6) is 0 Å². The highest BCUT2D eigenvalue weighted by atomic mass is 16.4. The summed E-state index contributed by atoms with van der Waals surface area (Å²) in [6.45, 7) is 0. The normalized spacial score (nSPS) is 20.4. The first-order valence-corrected chi connectivity index (χ1v) is 7.67. The number of hydrogen-bond donors (Lipinski definition) is 3. The number of aliphatic carboxylic acids is 1. The lowest BCUT2D eigenvalue weighted by molar-refractivity contribution is -0.672. The maximum Gasteiger partial charge on any atom is 0.321 e. The molecule has 0 fully saturated rings. The molecule has 1 aromatic carbocycles. The Balaban J connectivity index is 1.91. The average molecular weight is 308 g/mol. The molecule has 3 heterocycles. The third-order valence-corrected chi connectivity index (χ3v) is 4.51. The summed E-state index contributed by atoms with van der Waals surface area (Å²) in [5, 5.41) is 13.9. The van der Waals surface area contributed by atoms with Gasteiger partial charge in [-0.3, -0.25) is 10.1 Å². The Morgan fingerprint density at radius 1 is 1.26 bits per heavy atom. The Hall–Kier alpha value is -2.66. The van der Waals surface area contributed by atoms with Crippen molar-refractivity contribution >= 4 is 16.9 Å². The number of para-hydroxylation sites is 1. The Kier molecular flexibility index (Phi) is 3.16. The van der Waals surface area contributed by atoms with Gasteiger partial charge >= 0.3 is 5.97 Å². The summed E-state index contributed by atoms with van der Waals surface area (Å²) >= 11 is 0. The van der Waals surface area contributed by atoms with Crippen molar-refractivity contribution in [2.45, 2.75) is 18.5 Å². The highest BCUT2D eigenvalue weighted by Gasteiger charge is 2.34. The zero-order chi connectivity index (χ0) is 16.0. The third kappa shape index (κ3) is 2.29. The molecular formula is C18H18N3O2+. The van der Waals surface area contributed by atoms with Crippen LogP contribution in [0.25, 0.3) is 10.9 Å². The number of carboxylic acids is 1. The third-order valence-electron chi connectivity index (χ3n) is 4.51. The quantitative estimate of drug-likeness (QED) is 0.631. The number of hydrogen-bond acceptors (Lipinski definition) is 2. The first-order chi connectivity index (χ1) is 11.1. The van der Waals surface area contributed by atoms with Crippen LogP contribution in [0.3, 0.4) is 0 Å². The lowest BCUT2D eigenvalue weighted by Gasteiger charge is -2.28. The number of nitrogens with zero attached hydrogens (tertiary/aromatic N) is 1. The van der Waals surface area contributed by atoms with E-state index in [1.54, 1.807) is 0 Å². The van der Waals surface area contributed by atoms with Crippen molar-refractivity contribution in [2.75, 3.05) is 0 Å². The SMILES string of the molecule is C[n+]1cccc(C2NC(C(=O)O)Cc3c2[nH]c2ccccc32)c1. The molecule has 0 spiro atoms. The van der Waals surface area contributed by atoms with E-state index in [2.05, 4.69) is 16.4 Å². The minimum atomic E-state index is -0.814. The smallest absolute Gasteiger partial charge is 0.321 e. The van der Waals surface area contributed by atoms with E-state index in [1.165, 1.54) is 0 Å². The minimum absolute atomic E-state index is 0.153. The first kappa shape index (κ1) is 14.0. The minimum Gasteiger partial charge on any atom is -0.480 e. The van der Waals surface area contributed by atoms with Crippen LogP contribution in [0.15, 0.2) is 48.8 Å². The van der Waals surface area contributed by atoms with E-state index in [0.717, 1.165) is 27.7 Å². The van der Waals surface area contributed by atoms with Crippen molar-refractivity contribution in [3.63, 3.8) is 0 Å². The van der Waals surface area contributed by atoms with Gasteiger partial charge in [0.25, 0.3) is 0 Å². The Morgan fingerprint density at radius 3 is 2.87 bits per heavy atom. The second-order valence-corrected chi connectivity index (χ2v) is 6.06. The van der Waals surface area contributed by atoms with Gasteiger partial charge in [0.15, 0.2) is 12.4 Å². The topological polar surface area (TPSA) is 69.0 Å². The average Bonchev–Trinajstić information content (AvgIpc) is 2.92. The number of pyridine rings is 1. The fourth-order valence-electron chi connectivity index (χ4n) is 3.44. The molecule has 0 bridgehead atoms. The van der Waals surface area contributed by atoms with E-state index >= 15 is 0 Å². The number of aromatic nitrogens is 2. The van der Waals surface area contributed by atoms with Crippen LogP contribution >= 0.6 is 0 Å². The van der Waals surface area contributed by atoms with E-state index in [-0.39, 0.29) is 6.04 Å². The molecule has 2 aromatic heterocycles. The molecule has 0 saturated carbocycles. The number of H-pyrrole nitrogens is 1. The highest BCUT2D eigenvalue weighted by molar-refractivity contribution is 5.87. The number of benzene rings is 1. The predicted molar refractivity (Wildman–Crippen MR) is 86.0 cm³/mol. The molecule has 5 nitrogen and oxygen atoms in total. The summed E-state index contributed by atoms with van der Waals surface area (Å²) in [5.74, 6) is -0.814. The second kappa shape index (κ2) is 5.21. The number of carboxylic acid groups (broad SMARTS) is 1. The summed E-state index contributed by atoms with van der Waals surface area (Å²) in [5.41, 5.74) is 4.27. The van der Waals surface area contributed by atoms with Gasteiger partial charge in [0, 0.05) is 34.6 Å². The maximum absolute atomic E-state index is 11.6. The van der Waals surface area contributed by atoms with Gasteiger partial charge in [-0.2, -0.15) is 0 Å². The van der Waals surface area contributed by atoms with Crippen molar-refractivity contribution in [2.24, 2.45) is 7.05 Å². The van der Waals surface area contributed by atoms with Crippen molar-refractivity contribution in [1.29, 1.82) is 0 Å². The summed E-state index contributed by atoms with van der Waals surface area (Å²) in [7, 11) is 1.97. The zero-order valence-electron chi connectivity index (χ0n) is 12.8. The maximum atomic E-state index is 11.6. The summed E-state index contributed by atoms with van der Waals surface area (Å²) < 4.78 is 1.98. The molecule has 1 aliphatic heterocycles. The predicted octanol–water partition coefficient (Wildman–Crippen LogP) is 1.68. The van der Waals surface area contributed by atoms with Crippen molar-refractivity contribution in [3.8, 4) is 0 Å². The zero-order valence-corrected chi connectivity index (χ0v) is 12.8. The van der Waals surface area contributed by atoms with Gasteiger partial charge in [0.1, 0.15) is 13.1 Å². The lowest BCUT2D eigenvalue weighted by atomic mass is 9.91. The summed E-state index contributed by atoms with van der Waals surface area (Å²) in [6, 6.07) is 11.3. The number of rotatable bonds is 2. The van der Waals surface area contributed by atoms with Gasteiger partial charge in [-0.25, -0.2) is 4.57 Å². The summed E-state index contributed by atoms with van der Waals surface area (Å²) in [6.07, 6.45) is 4.48. The van der Waals surface area contributed by atoms with E-state index in [4.69, 9.17) is 0 Å². The number of nitrogens with one attached hydrogen (secondary N) is 2. The van der Waals surface area contributed by atoms with Gasteiger partial charge in [-0.15, -0.1) is 0 Å². The number of carbonyl (C=O) groups is 1. The van der Waals surface area contributed by atoms with Crippen molar-refractivity contribution in [1.82, 2.24) is 10.3 Å². The van der Waals surface area contributed by atoms with Crippen LogP contribution in [0, 0.1) is 0 Å². The summed E-state index contributed by atoms with van der Waals surface area (Å²) in [4.78, 5) is 15.1. The fourth-order valence-corrected chi connectivity index (χ4v) is 3.44. The van der Waals surface area contributed by atoms with Crippen LogP contribution in [0.4, 0.5) is 0 Å². The van der Waals surface area contributed by atoms with Crippen molar-refractivity contribution in [3.05, 3.63) is 65.6 Å². The molecule has 3 aromatic rings. The van der Waals surface area contributed by atoms with Crippen molar-refractivity contribution < 1.29 is 14.5 Å². The first-order valence-electron chi connectivity index (χ1n) is 7.67. The van der Waals surface area contributed by atoms with E-state index in [1.807, 2.05) is 54.3 Å². The molecule has 0 saturated heterocycles. The van der Waals surface area contributed by atoms with Gasteiger partial charge < -0.3 is 10.1 Å². The van der Waals surface area contributed by atoms with E-state index < -0.39 is 12.0 Å².